The maximum atomic E-state index is 5.89. The first-order valence-corrected chi connectivity index (χ1v) is 11.0. The van der Waals surface area contributed by atoms with Crippen LogP contribution in [-0.2, 0) is 18.4 Å². The van der Waals surface area contributed by atoms with Crippen molar-refractivity contribution in [2.75, 3.05) is 25.5 Å². The fourth-order valence-corrected chi connectivity index (χ4v) is 5.13. The number of benzene rings is 3. The zero-order chi connectivity index (χ0) is 20.4. The summed E-state index contributed by atoms with van der Waals surface area (Å²) in [5.74, 6) is 0.915. The molecule has 1 spiro atoms. The first kappa shape index (κ1) is 19.2. The van der Waals surface area contributed by atoms with E-state index in [-0.39, 0.29) is 5.41 Å². The van der Waals surface area contributed by atoms with Crippen LogP contribution in [0.3, 0.4) is 0 Å². The van der Waals surface area contributed by atoms with Gasteiger partial charge in [0.2, 0.25) is 0 Å². The van der Waals surface area contributed by atoms with E-state index in [2.05, 4.69) is 65.8 Å². The minimum Gasteiger partial charge on any atom is -0.489 e. The van der Waals surface area contributed by atoms with Crippen LogP contribution in [0.15, 0.2) is 78.9 Å². The zero-order valence-corrected chi connectivity index (χ0v) is 17.7. The molecule has 0 radical (unpaired) electrons. The zero-order valence-electron chi connectivity index (χ0n) is 17.7. The molecule has 3 nitrogen and oxygen atoms in total. The van der Waals surface area contributed by atoms with Gasteiger partial charge < -0.3 is 15.0 Å². The fourth-order valence-electron chi connectivity index (χ4n) is 5.13. The first-order valence-electron chi connectivity index (χ1n) is 11.0. The van der Waals surface area contributed by atoms with Crippen molar-refractivity contribution in [2.24, 2.45) is 0 Å². The van der Waals surface area contributed by atoms with Gasteiger partial charge in [-0.3, -0.25) is 0 Å². The van der Waals surface area contributed by atoms with Crippen LogP contribution in [-0.4, -0.2) is 31.1 Å². The number of ether oxygens (including phenoxy) is 1. The summed E-state index contributed by atoms with van der Waals surface area (Å²) >= 11 is 0. The van der Waals surface area contributed by atoms with Crippen molar-refractivity contribution in [3.05, 3.63) is 95.6 Å². The van der Waals surface area contributed by atoms with E-state index in [0.29, 0.717) is 12.6 Å². The lowest BCUT2D eigenvalue weighted by Crippen LogP contribution is -2.48. The summed E-state index contributed by atoms with van der Waals surface area (Å²) in [6, 6.07) is 28.4. The number of nitrogens with zero attached hydrogens (tertiary/aromatic N) is 1. The van der Waals surface area contributed by atoms with E-state index in [4.69, 9.17) is 4.74 Å². The largest absolute Gasteiger partial charge is 0.489 e. The lowest BCUT2D eigenvalue weighted by Gasteiger charge is -2.42. The highest BCUT2D eigenvalue weighted by atomic mass is 16.5. The molecule has 1 fully saturated rings. The van der Waals surface area contributed by atoms with Crippen molar-refractivity contribution in [3.8, 4) is 5.75 Å². The van der Waals surface area contributed by atoms with Gasteiger partial charge in [-0.1, -0.05) is 60.7 Å². The van der Waals surface area contributed by atoms with Crippen LogP contribution >= 0.6 is 0 Å². The summed E-state index contributed by atoms with van der Waals surface area (Å²) in [5.41, 5.74) is 5.70. The Morgan fingerprint density at radius 2 is 1.53 bits per heavy atom. The number of piperidine rings is 1. The molecule has 3 aromatic rings. The third kappa shape index (κ3) is 3.70. The van der Waals surface area contributed by atoms with Gasteiger partial charge >= 0.3 is 0 Å². The summed E-state index contributed by atoms with van der Waals surface area (Å²) in [4.78, 5) is 2.46. The number of nitrogens with one attached hydrogen (secondary N) is 1. The minimum absolute atomic E-state index is 0.248. The Hall–Kier alpha value is -2.78. The Bertz CT molecular complexity index is 975. The standard InChI is InChI=1S/C27H30N2O/c1-29-17-15-27(16-18-29)24-9-5-6-10-25(24)28-26(27)19-21-11-13-22(14-12-21)20-30-23-7-3-2-4-8-23/h2-14,26,28H,15-20H2,1H3. The summed E-state index contributed by atoms with van der Waals surface area (Å²) in [7, 11) is 2.24. The SMILES string of the molecule is CN1CCC2(CC1)c1ccccc1NC2Cc1ccc(COc2ccccc2)cc1. The van der Waals surface area contributed by atoms with Crippen LogP contribution in [0.1, 0.15) is 29.5 Å². The van der Waals surface area contributed by atoms with Crippen LogP contribution in [0.4, 0.5) is 5.69 Å². The average Bonchev–Trinajstić information content (AvgIpc) is 3.09. The molecule has 0 aromatic heterocycles. The van der Waals surface area contributed by atoms with Gasteiger partial charge in [-0.2, -0.15) is 0 Å². The molecule has 0 amide bonds. The van der Waals surface area contributed by atoms with Gasteiger partial charge in [0.05, 0.1) is 0 Å². The molecule has 0 aliphatic carbocycles. The molecule has 3 heteroatoms. The Kier molecular flexibility index (Phi) is 5.22. The average molecular weight is 399 g/mol. The van der Waals surface area contributed by atoms with Crippen LogP contribution in [0.25, 0.3) is 0 Å². The molecule has 154 valence electrons. The monoisotopic (exact) mass is 398 g/mol. The van der Waals surface area contributed by atoms with Gasteiger partial charge in [-0.15, -0.1) is 0 Å². The summed E-state index contributed by atoms with van der Waals surface area (Å²) in [5, 5.41) is 3.88. The van der Waals surface area contributed by atoms with Crippen molar-refractivity contribution >= 4 is 5.69 Å². The topological polar surface area (TPSA) is 24.5 Å². The number of fused-ring (bicyclic) bond motifs is 2. The maximum Gasteiger partial charge on any atom is 0.119 e. The molecule has 2 aliphatic rings. The number of rotatable bonds is 5. The number of hydrogen-bond acceptors (Lipinski definition) is 3. The molecule has 1 unspecified atom stereocenters. The molecular weight excluding hydrogens is 368 g/mol. The third-order valence-electron chi connectivity index (χ3n) is 6.95. The Balaban J connectivity index is 1.30. The molecule has 2 heterocycles. The second-order valence-corrected chi connectivity index (χ2v) is 8.82. The number of likely N-dealkylation sites (tertiary alicyclic amines) is 1. The van der Waals surface area contributed by atoms with E-state index in [1.165, 1.54) is 48.3 Å². The maximum absolute atomic E-state index is 5.89. The smallest absolute Gasteiger partial charge is 0.119 e. The molecule has 5 rings (SSSR count). The quantitative estimate of drug-likeness (QED) is 0.634. The van der Waals surface area contributed by atoms with E-state index >= 15 is 0 Å². The molecule has 30 heavy (non-hydrogen) atoms. The Morgan fingerprint density at radius 1 is 0.867 bits per heavy atom. The molecule has 0 saturated carbocycles. The number of para-hydroxylation sites is 2. The molecule has 1 N–H and O–H groups in total. The van der Waals surface area contributed by atoms with E-state index in [0.717, 1.165) is 12.2 Å². The van der Waals surface area contributed by atoms with Gasteiger partial charge in [0.15, 0.2) is 0 Å². The van der Waals surface area contributed by atoms with Crippen molar-refractivity contribution in [1.29, 1.82) is 0 Å². The van der Waals surface area contributed by atoms with Gasteiger partial charge in [-0.05, 0) is 74.3 Å². The predicted octanol–water partition coefficient (Wildman–Crippen LogP) is 5.27. The van der Waals surface area contributed by atoms with Crippen LogP contribution in [0.5, 0.6) is 5.75 Å². The van der Waals surface area contributed by atoms with E-state index < -0.39 is 0 Å². The van der Waals surface area contributed by atoms with Crippen molar-refractivity contribution in [1.82, 2.24) is 4.90 Å². The Morgan fingerprint density at radius 3 is 2.30 bits per heavy atom. The van der Waals surface area contributed by atoms with Crippen molar-refractivity contribution < 1.29 is 4.74 Å². The predicted molar refractivity (Wildman–Crippen MR) is 123 cm³/mol. The van der Waals surface area contributed by atoms with E-state index in [9.17, 15) is 0 Å². The highest BCUT2D eigenvalue weighted by Gasteiger charge is 2.47. The highest BCUT2D eigenvalue weighted by Crippen LogP contribution is 2.48. The first-order chi connectivity index (χ1) is 14.7. The lowest BCUT2D eigenvalue weighted by atomic mass is 9.68. The molecular formula is C27H30N2O. The third-order valence-corrected chi connectivity index (χ3v) is 6.95. The second-order valence-electron chi connectivity index (χ2n) is 8.82. The van der Waals surface area contributed by atoms with Crippen LogP contribution < -0.4 is 10.1 Å². The molecule has 3 aromatic carbocycles. The fraction of sp³-hybridized carbons (Fsp3) is 0.333. The number of anilines is 1. The van der Waals surface area contributed by atoms with Gasteiger partial charge in [0, 0.05) is 17.1 Å². The van der Waals surface area contributed by atoms with E-state index in [1.807, 2.05) is 30.3 Å². The minimum atomic E-state index is 0.248. The molecule has 0 bridgehead atoms. The molecule has 2 aliphatic heterocycles. The second kappa shape index (κ2) is 8.16. The molecule has 1 atom stereocenters. The normalized spacial score (nSPS) is 20.0. The van der Waals surface area contributed by atoms with Crippen molar-refractivity contribution in [3.63, 3.8) is 0 Å². The lowest BCUT2D eigenvalue weighted by molar-refractivity contribution is 0.175. The Labute approximate surface area is 179 Å². The highest BCUT2D eigenvalue weighted by molar-refractivity contribution is 5.62. The summed E-state index contributed by atoms with van der Waals surface area (Å²) in [6.07, 6.45) is 3.50. The molecule has 1 saturated heterocycles. The summed E-state index contributed by atoms with van der Waals surface area (Å²) < 4.78 is 5.89. The van der Waals surface area contributed by atoms with E-state index in [1.54, 1.807) is 0 Å². The van der Waals surface area contributed by atoms with Gasteiger partial charge in [0.1, 0.15) is 12.4 Å². The van der Waals surface area contributed by atoms with Crippen LogP contribution in [0, 0.1) is 0 Å². The van der Waals surface area contributed by atoms with Crippen LogP contribution in [0.2, 0.25) is 0 Å². The summed E-state index contributed by atoms with van der Waals surface area (Å²) in [6.45, 7) is 2.94. The van der Waals surface area contributed by atoms with Gasteiger partial charge in [-0.25, -0.2) is 0 Å². The van der Waals surface area contributed by atoms with Crippen molar-refractivity contribution in [2.45, 2.75) is 37.3 Å². The number of hydrogen-bond donors (Lipinski definition) is 1. The van der Waals surface area contributed by atoms with Gasteiger partial charge in [0.25, 0.3) is 0 Å².